The van der Waals surface area contributed by atoms with E-state index in [1.165, 1.54) is 12.8 Å². The molecular weight excluding hydrogens is 446 g/mol. The van der Waals surface area contributed by atoms with E-state index < -0.39 is 0 Å². The van der Waals surface area contributed by atoms with Crippen LogP contribution in [0.4, 0.5) is 5.82 Å². The number of thioether (sulfide) groups is 1. The molecule has 0 spiro atoms. The molecule has 0 saturated heterocycles. The summed E-state index contributed by atoms with van der Waals surface area (Å²) in [6.07, 6.45) is 5.92. The van der Waals surface area contributed by atoms with Crippen LogP contribution in [0.3, 0.4) is 0 Å². The lowest BCUT2D eigenvalue weighted by atomic mass is 10.2. The van der Waals surface area contributed by atoms with E-state index in [0.717, 1.165) is 29.9 Å². The van der Waals surface area contributed by atoms with Gasteiger partial charge in [-0.2, -0.15) is 11.8 Å². The Morgan fingerprint density at radius 2 is 2.16 bits per heavy atom. The van der Waals surface area contributed by atoms with Gasteiger partial charge in [-0.05, 0) is 42.4 Å². The van der Waals surface area contributed by atoms with E-state index in [0.29, 0.717) is 47.5 Å². The average molecular weight is 478 g/mol. The number of carbonyl (C=O) groups excluding carboxylic acids is 1. The van der Waals surface area contributed by atoms with E-state index in [4.69, 9.17) is 21.1 Å². The van der Waals surface area contributed by atoms with Crippen molar-refractivity contribution in [2.45, 2.75) is 50.4 Å². The van der Waals surface area contributed by atoms with Crippen molar-refractivity contribution in [3.63, 3.8) is 0 Å². The van der Waals surface area contributed by atoms with E-state index in [9.17, 15) is 4.79 Å². The predicted octanol–water partition coefficient (Wildman–Crippen LogP) is 5.17. The number of hydrogen-bond acceptors (Lipinski definition) is 6. The first kappa shape index (κ1) is 24.7. The maximum Gasteiger partial charge on any atom is 0.253 e. The third-order valence-corrected chi connectivity index (χ3v) is 7.01. The first-order valence-corrected chi connectivity index (χ1v) is 12.6. The number of nitrogens with zero attached hydrogens (tertiary/aromatic N) is 1. The maximum absolute atomic E-state index is 12.8. The Morgan fingerprint density at radius 3 is 2.97 bits per heavy atom. The van der Waals surface area contributed by atoms with Gasteiger partial charge >= 0.3 is 0 Å². The number of rotatable bonds is 12. The van der Waals surface area contributed by atoms with Gasteiger partial charge in [0.05, 0.1) is 17.2 Å². The molecule has 174 valence electrons. The zero-order valence-electron chi connectivity index (χ0n) is 18.7. The molecule has 2 aromatic rings. The quantitative estimate of drug-likeness (QED) is 0.411. The van der Waals surface area contributed by atoms with E-state index in [2.05, 4.69) is 22.5 Å². The fraction of sp³-hybridized carbons (Fsp3) is 0.500. The molecule has 2 atom stereocenters. The third kappa shape index (κ3) is 7.29. The van der Waals surface area contributed by atoms with Gasteiger partial charge in [0, 0.05) is 44.2 Å². The average Bonchev–Trinajstić information content (AvgIpc) is 3.23. The summed E-state index contributed by atoms with van der Waals surface area (Å²) in [5, 5.41) is 7.39. The minimum Gasteiger partial charge on any atom is -0.493 e. The largest absolute Gasteiger partial charge is 0.493 e. The van der Waals surface area contributed by atoms with Crippen molar-refractivity contribution < 1.29 is 14.3 Å². The van der Waals surface area contributed by atoms with E-state index in [-0.39, 0.29) is 5.91 Å². The molecule has 1 saturated carbocycles. The maximum atomic E-state index is 12.8. The van der Waals surface area contributed by atoms with Crippen molar-refractivity contribution in [1.29, 1.82) is 0 Å². The minimum absolute atomic E-state index is 0.224. The number of hydrogen-bond donors (Lipinski definition) is 2. The second-order valence-electron chi connectivity index (χ2n) is 7.75. The van der Waals surface area contributed by atoms with Gasteiger partial charge in [-0.25, -0.2) is 4.98 Å². The molecule has 32 heavy (non-hydrogen) atoms. The molecule has 1 aromatic heterocycles. The second-order valence-corrected chi connectivity index (χ2v) is 9.67. The first-order valence-electron chi connectivity index (χ1n) is 11.1. The Morgan fingerprint density at radius 1 is 1.28 bits per heavy atom. The summed E-state index contributed by atoms with van der Waals surface area (Å²) in [6.45, 7) is 3.82. The molecule has 1 aliphatic rings. The molecule has 3 rings (SSSR count). The topological polar surface area (TPSA) is 72.5 Å². The summed E-state index contributed by atoms with van der Waals surface area (Å²) in [4.78, 5) is 17.2. The van der Waals surface area contributed by atoms with Crippen LogP contribution in [0.2, 0.25) is 5.02 Å². The molecule has 1 aromatic carbocycles. The van der Waals surface area contributed by atoms with E-state index >= 15 is 0 Å². The standard InChI is InChI=1S/C24H32ClN3O3S/c1-3-32-22-10-5-9-21(22)28-23-14-19(20(25)16-26-23)24(29)27-15-17-7-4-8-18(13-17)31-12-6-11-30-2/h4,7-8,13-14,16,21-22H,3,5-6,9-12,15H2,1-2H3,(H,26,28)(H,27,29). The lowest BCUT2D eigenvalue weighted by Crippen LogP contribution is -2.27. The number of nitrogens with one attached hydrogen (secondary N) is 2. The van der Waals surface area contributed by atoms with Crippen LogP contribution in [-0.2, 0) is 11.3 Å². The second kappa shape index (κ2) is 12.9. The van der Waals surface area contributed by atoms with Gasteiger partial charge in [0.2, 0.25) is 0 Å². The molecule has 1 fully saturated rings. The summed E-state index contributed by atoms with van der Waals surface area (Å²) in [5.41, 5.74) is 1.38. The number of aromatic nitrogens is 1. The molecule has 2 unspecified atom stereocenters. The zero-order chi connectivity index (χ0) is 22.8. The summed E-state index contributed by atoms with van der Waals surface area (Å²) >= 11 is 8.27. The third-order valence-electron chi connectivity index (χ3n) is 5.38. The molecule has 1 heterocycles. The van der Waals surface area contributed by atoms with Crippen LogP contribution in [0.5, 0.6) is 5.75 Å². The number of amides is 1. The van der Waals surface area contributed by atoms with Gasteiger partial charge < -0.3 is 20.1 Å². The highest BCUT2D eigenvalue weighted by Crippen LogP contribution is 2.32. The van der Waals surface area contributed by atoms with Crippen LogP contribution in [0.1, 0.15) is 48.5 Å². The normalized spacial score (nSPS) is 17.8. The van der Waals surface area contributed by atoms with E-state index in [1.54, 1.807) is 19.4 Å². The Bertz CT molecular complexity index is 883. The highest BCUT2D eigenvalue weighted by atomic mass is 35.5. The first-order chi connectivity index (χ1) is 15.6. The van der Waals surface area contributed by atoms with Gasteiger partial charge in [0.25, 0.3) is 5.91 Å². The lowest BCUT2D eigenvalue weighted by Gasteiger charge is -2.21. The molecule has 1 aliphatic carbocycles. The lowest BCUT2D eigenvalue weighted by molar-refractivity contribution is 0.0951. The zero-order valence-corrected chi connectivity index (χ0v) is 20.3. The van der Waals surface area contributed by atoms with Gasteiger partial charge in [-0.1, -0.05) is 37.1 Å². The molecule has 0 bridgehead atoms. The Kier molecular flexibility index (Phi) is 9.96. The number of anilines is 1. The Labute approximate surface area is 199 Å². The smallest absolute Gasteiger partial charge is 0.253 e. The summed E-state index contributed by atoms with van der Waals surface area (Å²) < 4.78 is 10.8. The van der Waals surface area contributed by atoms with Crippen molar-refractivity contribution in [2.24, 2.45) is 0 Å². The van der Waals surface area contributed by atoms with Gasteiger partial charge in [0.15, 0.2) is 0 Å². The van der Waals surface area contributed by atoms with Gasteiger partial charge in [-0.3, -0.25) is 4.79 Å². The van der Waals surface area contributed by atoms with Crippen LogP contribution in [-0.4, -0.2) is 48.3 Å². The minimum atomic E-state index is -0.224. The van der Waals surface area contributed by atoms with Crippen molar-refractivity contribution in [3.05, 3.63) is 52.7 Å². The SMILES string of the molecule is CCSC1CCCC1Nc1cc(C(=O)NCc2cccc(OCCCOC)c2)c(Cl)cn1. The van der Waals surface area contributed by atoms with Crippen LogP contribution in [0, 0.1) is 0 Å². The number of halogens is 1. The molecule has 8 heteroatoms. The Balaban J connectivity index is 1.57. The highest BCUT2D eigenvalue weighted by Gasteiger charge is 2.27. The number of carbonyl (C=O) groups is 1. The summed E-state index contributed by atoms with van der Waals surface area (Å²) in [6, 6.07) is 9.83. The monoisotopic (exact) mass is 477 g/mol. The predicted molar refractivity (Wildman–Crippen MR) is 132 cm³/mol. The van der Waals surface area contributed by atoms with Crippen molar-refractivity contribution in [3.8, 4) is 5.75 Å². The molecule has 2 N–H and O–H groups in total. The van der Waals surface area contributed by atoms with Crippen molar-refractivity contribution in [1.82, 2.24) is 10.3 Å². The number of benzene rings is 1. The number of methoxy groups -OCH3 is 1. The van der Waals surface area contributed by atoms with Crippen molar-refractivity contribution in [2.75, 3.05) is 31.4 Å². The number of ether oxygens (including phenoxy) is 2. The molecular formula is C24H32ClN3O3S. The van der Waals surface area contributed by atoms with E-state index in [1.807, 2.05) is 36.0 Å². The molecule has 1 amide bonds. The molecule has 0 radical (unpaired) electrons. The van der Waals surface area contributed by atoms with Crippen LogP contribution in [0.15, 0.2) is 36.5 Å². The van der Waals surface area contributed by atoms with Gasteiger partial charge in [-0.15, -0.1) is 0 Å². The van der Waals surface area contributed by atoms with Crippen LogP contribution in [0.25, 0.3) is 0 Å². The number of pyridine rings is 1. The van der Waals surface area contributed by atoms with Gasteiger partial charge in [0.1, 0.15) is 11.6 Å². The van der Waals surface area contributed by atoms with Crippen molar-refractivity contribution >= 4 is 35.1 Å². The summed E-state index contributed by atoms with van der Waals surface area (Å²) in [5.74, 6) is 2.35. The van der Waals surface area contributed by atoms with Crippen LogP contribution < -0.4 is 15.4 Å². The van der Waals surface area contributed by atoms with Crippen LogP contribution >= 0.6 is 23.4 Å². The highest BCUT2D eigenvalue weighted by molar-refractivity contribution is 7.99. The summed E-state index contributed by atoms with van der Waals surface area (Å²) in [7, 11) is 1.67. The fourth-order valence-electron chi connectivity index (χ4n) is 3.80. The molecule has 0 aliphatic heterocycles. The molecule has 6 nitrogen and oxygen atoms in total. The fourth-order valence-corrected chi connectivity index (χ4v) is 5.19. The Hall–Kier alpha value is -1.96.